The van der Waals surface area contributed by atoms with Gasteiger partial charge in [0.25, 0.3) is 5.91 Å². The van der Waals surface area contributed by atoms with Crippen LogP contribution in [0.2, 0.25) is 0 Å². The van der Waals surface area contributed by atoms with Crippen molar-refractivity contribution in [2.45, 2.75) is 18.9 Å². The van der Waals surface area contributed by atoms with Crippen LogP contribution in [0.4, 0.5) is 0 Å². The number of carboxylic acid groups (broad SMARTS) is 1. The van der Waals surface area contributed by atoms with Gasteiger partial charge in [-0.25, -0.2) is 4.79 Å². The number of nitrogens with zero attached hydrogens (tertiary/aromatic N) is 1. The summed E-state index contributed by atoms with van der Waals surface area (Å²) < 4.78 is 3.69. The summed E-state index contributed by atoms with van der Waals surface area (Å²) >= 11 is 0.913. The highest BCUT2D eigenvalue weighted by atomic mass is 32.1. The molecule has 2 rings (SSSR count). The van der Waals surface area contributed by atoms with Crippen molar-refractivity contribution in [3.05, 3.63) is 16.6 Å². The molecule has 1 aliphatic carbocycles. The second kappa shape index (κ2) is 3.38. The fraction of sp³-hybridized carbons (Fsp3) is 0.375. The van der Waals surface area contributed by atoms with Gasteiger partial charge < -0.3 is 10.4 Å². The second-order valence-corrected chi connectivity index (χ2v) is 3.92. The monoisotopic (exact) mass is 212 g/mol. The van der Waals surface area contributed by atoms with Crippen LogP contribution in [0.5, 0.6) is 0 Å². The molecule has 0 spiro atoms. The molecule has 74 valence electrons. The highest BCUT2D eigenvalue weighted by molar-refractivity contribution is 7.08. The minimum absolute atomic E-state index is 0.0202. The smallest absolute Gasteiger partial charge is 0.339 e. The zero-order valence-electron chi connectivity index (χ0n) is 7.19. The highest BCUT2D eigenvalue weighted by Crippen LogP contribution is 2.21. The Morgan fingerprint density at radius 2 is 2.29 bits per heavy atom. The maximum Gasteiger partial charge on any atom is 0.339 e. The molecule has 0 bridgehead atoms. The number of aromatic nitrogens is 1. The van der Waals surface area contributed by atoms with Crippen LogP contribution in [0.25, 0.3) is 0 Å². The van der Waals surface area contributed by atoms with Gasteiger partial charge in [0, 0.05) is 6.04 Å². The first kappa shape index (κ1) is 9.14. The summed E-state index contributed by atoms with van der Waals surface area (Å²) in [6.45, 7) is 0. The average Bonchev–Trinajstić information content (AvgIpc) is 2.81. The summed E-state index contributed by atoms with van der Waals surface area (Å²) in [5.41, 5.74) is -0.0202. The van der Waals surface area contributed by atoms with Crippen molar-refractivity contribution < 1.29 is 14.7 Å². The lowest BCUT2D eigenvalue weighted by Crippen LogP contribution is -2.25. The van der Waals surface area contributed by atoms with Gasteiger partial charge in [0.2, 0.25) is 0 Å². The van der Waals surface area contributed by atoms with E-state index in [1.807, 2.05) is 0 Å². The molecule has 0 radical (unpaired) electrons. The molecule has 0 unspecified atom stereocenters. The van der Waals surface area contributed by atoms with Gasteiger partial charge >= 0.3 is 5.97 Å². The topological polar surface area (TPSA) is 79.3 Å². The predicted octanol–water partition coefficient (Wildman–Crippen LogP) is 0.734. The second-order valence-electron chi connectivity index (χ2n) is 3.12. The van der Waals surface area contributed by atoms with Crippen LogP contribution in [-0.4, -0.2) is 27.4 Å². The molecule has 1 aromatic rings. The maximum absolute atomic E-state index is 11.5. The van der Waals surface area contributed by atoms with Gasteiger partial charge in [-0.3, -0.25) is 4.79 Å². The van der Waals surface area contributed by atoms with Gasteiger partial charge in [-0.15, -0.1) is 0 Å². The standard InChI is InChI=1S/C8H8N2O3S/c11-7(10-4-1-2-4)6-5(8(12)13)3-9-14-6/h3-4H,1-2H2,(H,10,11)(H,12,13). The SMILES string of the molecule is O=C(O)c1cnsc1C(=O)NC1CC1. The molecular formula is C8H8N2O3S. The summed E-state index contributed by atoms with van der Waals surface area (Å²) in [6, 6.07) is 0.228. The molecule has 1 saturated carbocycles. The van der Waals surface area contributed by atoms with E-state index in [2.05, 4.69) is 9.69 Å². The van der Waals surface area contributed by atoms with Gasteiger partial charge in [-0.05, 0) is 24.4 Å². The third-order valence-electron chi connectivity index (χ3n) is 1.92. The Balaban J connectivity index is 2.17. The number of nitrogens with one attached hydrogen (secondary N) is 1. The molecule has 0 saturated heterocycles. The molecule has 1 heterocycles. The largest absolute Gasteiger partial charge is 0.478 e. The Morgan fingerprint density at radius 1 is 1.57 bits per heavy atom. The zero-order valence-corrected chi connectivity index (χ0v) is 8.00. The number of carboxylic acids is 1. The summed E-state index contributed by atoms with van der Waals surface area (Å²) in [4.78, 5) is 22.3. The molecule has 6 heteroatoms. The lowest BCUT2D eigenvalue weighted by Gasteiger charge is -2.00. The Hall–Kier alpha value is -1.43. The Labute approximate surface area is 83.9 Å². The van der Waals surface area contributed by atoms with Gasteiger partial charge in [0.05, 0.1) is 6.20 Å². The molecular weight excluding hydrogens is 204 g/mol. The Morgan fingerprint density at radius 3 is 2.86 bits per heavy atom. The first-order chi connectivity index (χ1) is 6.68. The highest BCUT2D eigenvalue weighted by Gasteiger charge is 2.27. The van der Waals surface area contributed by atoms with Crippen molar-refractivity contribution in [1.82, 2.24) is 9.69 Å². The van der Waals surface area contributed by atoms with E-state index < -0.39 is 5.97 Å². The van der Waals surface area contributed by atoms with Gasteiger partial charge in [-0.1, -0.05) is 0 Å². The summed E-state index contributed by atoms with van der Waals surface area (Å²) in [7, 11) is 0. The van der Waals surface area contributed by atoms with E-state index in [0.29, 0.717) is 0 Å². The molecule has 2 N–H and O–H groups in total. The number of hydrogen-bond acceptors (Lipinski definition) is 4. The first-order valence-electron chi connectivity index (χ1n) is 4.17. The van der Waals surface area contributed by atoms with E-state index in [0.717, 1.165) is 24.4 Å². The lowest BCUT2D eigenvalue weighted by atomic mass is 10.2. The number of amides is 1. The Kier molecular flexibility index (Phi) is 2.20. The molecule has 1 aromatic heterocycles. The van der Waals surface area contributed by atoms with Crippen LogP contribution >= 0.6 is 11.5 Å². The zero-order chi connectivity index (χ0) is 10.1. The summed E-state index contributed by atoms with van der Waals surface area (Å²) in [5.74, 6) is -1.44. The van der Waals surface area contributed by atoms with Crippen molar-refractivity contribution in [3.8, 4) is 0 Å². The number of carbonyl (C=O) groups excluding carboxylic acids is 1. The fourth-order valence-electron chi connectivity index (χ4n) is 1.03. The molecule has 0 atom stereocenters. The normalized spacial score (nSPS) is 15.1. The van der Waals surface area contributed by atoms with Crippen LogP contribution in [0.3, 0.4) is 0 Å². The van der Waals surface area contributed by atoms with E-state index >= 15 is 0 Å². The average molecular weight is 212 g/mol. The lowest BCUT2D eigenvalue weighted by molar-refractivity contribution is 0.0692. The van der Waals surface area contributed by atoms with Crippen LogP contribution in [-0.2, 0) is 0 Å². The van der Waals surface area contributed by atoms with E-state index in [1.165, 1.54) is 6.20 Å². The fourth-order valence-corrected chi connectivity index (χ4v) is 1.68. The number of aromatic carboxylic acids is 1. The molecule has 1 aliphatic rings. The predicted molar refractivity (Wildman–Crippen MR) is 49.6 cm³/mol. The van der Waals surface area contributed by atoms with Gasteiger partial charge in [-0.2, -0.15) is 4.37 Å². The van der Waals surface area contributed by atoms with Gasteiger partial charge in [0.1, 0.15) is 10.4 Å². The first-order valence-corrected chi connectivity index (χ1v) is 4.94. The van der Waals surface area contributed by atoms with Crippen molar-refractivity contribution in [2.75, 3.05) is 0 Å². The molecule has 14 heavy (non-hydrogen) atoms. The minimum Gasteiger partial charge on any atom is -0.478 e. The van der Waals surface area contributed by atoms with Gasteiger partial charge in [0.15, 0.2) is 0 Å². The quantitative estimate of drug-likeness (QED) is 0.774. The molecule has 1 fully saturated rings. The Bertz CT molecular complexity index is 384. The molecule has 0 aliphatic heterocycles. The molecule has 0 aromatic carbocycles. The van der Waals surface area contributed by atoms with Crippen LogP contribution < -0.4 is 5.32 Å². The third-order valence-corrected chi connectivity index (χ3v) is 2.72. The van der Waals surface area contributed by atoms with E-state index in [1.54, 1.807) is 0 Å². The molecule has 5 nitrogen and oxygen atoms in total. The van der Waals surface area contributed by atoms with E-state index in [-0.39, 0.29) is 22.4 Å². The van der Waals surface area contributed by atoms with Crippen molar-refractivity contribution in [1.29, 1.82) is 0 Å². The maximum atomic E-state index is 11.5. The number of rotatable bonds is 3. The van der Waals surface area contributed by atoms with Crippen molar-refractivity contribution in [3.63, 3.8) is 0 Å². The van der Waals surface area contributed by atoms with Crippen molar-refractivity contribution >= 4 is 23.4 Å². The number of hydrogen-bond donors (Lipinski definition) is 2. The van der Waals surface area contributed by atoms with Crippen LogP contribution in [0.1, 0.15) is 32.9 Å². The summed E-state index contributed by atoms with van der Waals surface area (Å²) in [6.07, 6.45) is 3.16. The minimum atomic E-state index is -1.11. The molecule has 1 amide bonds. The third kappa shape index (κ3) is 1.74. The van der Waals surface area contributed by atoms with Crippen LogP contribution in [0, 0.1) is 0 Å². The van der Waals surface area contributed by atoms with E-state index in [9.17, 15) is 9.59 Å². The number of carbonyl (C=O) groups is 2. The summed E-state index contributed by atoms with van der Waals surface area (Å²) in [5, 5.41) is 11.5. The van der Waals surface area contributed by atoms with Crippen LogP contribution in [0.15, 0.2) is 6.20 Å². The van der Waals surface area contributed by atoms with E-state index in [4.69, 9.17) is 5.11 Å². The van der Waals surface area contributed by atoms with Crippen molar-refractivity contribution in [2.24, 2.45) is 0 Å².